The molecule has 100 valence electrons. The van der Waals surface area contributed by atoms with Crippen LogP contribution in [0.5, 0.6) is 0 Å². The number of anilines is 1. The van der Waals surface area contributed by atoms with Gasteiger partial charge >= 0.3 is 0 Å². The quantitative estimate of drug-likeness (QED) is 0.852. The molecule has 0 radical (unpaired) electrons. The lowest BCUT2D eigenvalue weighted by Crippen LogP contribution is -2.29. The Bertz CT molecular complexity index is 490. The van der Waals surface area contributed by atoms with E-state index < -0.39 is 0 Å². The third-order valence-electron chi connectivity index (χ3n) is 3.35. The highest BCUT2D eigenvalue weighted by molar-refractivity contribution is 5.65. The fourth-order valence-electron chi connectivity index (χ4n) is 2.03. The van der Waals surface area contributed by atoms with Crippen LogP contribution in [0.3, 0.4) is 0 Å². The molecule has 0 aliphatic carbocycles. The van der Waals surface area contributed by atoms with Gasteiger partial charge in [-0.05, 0) is 29.2 Å². The van der Waals surface area contributed by atoms with Crippen molar-refractivity contribution >= 4 is 5.69 Å². The first-order valence-corrected chi connectivity index (χ1v) is 6.73. The monoisotopic (exact) mass is 255 g/mol. The minimum Gasteiger partial charge on any atom is -0.394 e. The number of hydrogen-bond acceptors (Lipinski definition) is 2. The normalized spacial score (nSPS) is 12.4. The van der Waals surface area contributed by atoms with Crippen LogP contribution in [0.2, 0.25) is 0 Å². The summed E-state index contributed by atoms with van der Waals surface area (Å²) >= 11 is 0. The van der Waals surface area contributed by atoms with E-state index in [1.807, 2.05) is 18.2 Å². The van der Waals surface area contributed by atoms with E-state index in [4.69, 9.17) is 0 Å². The predicted molar refractivity (Wildman–Crippen MR) is 81.2 cm³/mol. The van der Waals surface area contributed by atoms with Gasteiger partial charge in [0.15, 0.2) is 0 Å². The molecule has 0 spiro atoms. The van der Waals surface area contributed by atoms with Gasteiger partial charge in [-0.2, -0.15) is 0 Å². The van der Waals surface area contributed by atoms with Crippen LogP contribution in [-0.2, 0) is 0 Å². The molecule has 0 saturated heterocycles. The molecule has 2 aromatic carbocycles. The largest absolute Gasteiger partial charge is 0.394 e. The molecule has 2 aromatic rings. The molecule has 2 N–H and O–H groups in total. The summed E-state index contributed by atoms with van der Waals surface area (Å²) in [7, 11) is 0. The zero-order chi connectivity index (χ0) is 13.7. The Morgan fingerprint density at radius 2 is 1.47 bits per heavy atom. The van der Waals surface area contributed by atoms with Crippen molar-refractivity contribution in [3.8, 4) is 11.1 Å². The van der Waals surface area contributed by atoms with Gasteiger partial charge in [-0.3, -0.25) is 0 Å². The smallest absolute Gasteiger partial charge is 0.0635 e. The molecule has 19 heavy (non-hydrogen) atoms. The second-order valence-corrected chi connectivity index (χ2v) is 5.12. The summed E-state index contributed by atoms with van der Waals surface area (Å²) in [6.07, 6.45) is 0. The molecule has 0 bridgehead atoms. The molecular weight excluding hydrogens is 234 g/mol. The van der Waals surface area contributed by atoms with E-state index in [9.17, 15) is 5.11 Å². The van der Waals surface area contributed by atoms with Gasteiger partial charge in [0.25, 0.3) is 0 Å². The van der Waals surface area contributed by atoms with Crippen LogP contribution in [0.4, 0.5) is 5.69 Å². The molecule has 0 amide bonds. The fourth-order valence-corrected chi connectivity index (χ4v) is 2.03. The summed E-state index contributed by atoms with van der Waals surface area (Å²) in [6, 6.07) is 18.8. The topological polar surface area (TPSA) is 32.3 Å². The minimum atomic E-state index is 0.0996. The third-order valence-corrected chi connectivity index (χ3v) is 3.35. The van der Waals surface area contributed by atoms with Gasteiger partial charge in [-0.25, -0.2) is 0 Å². The Hall–Kier alpha value is -1.80. The Kier molecular flexibility index (Phi) is 4.58. The van der Waals surface area contributed by atoms with Gasteiger partial charge in [-0.1, -0.05) is 56.3 Å². The number of rotatable bonds is 5. The molecule has 2 nitrogen and oxygen atoms in total. The van der Waals surface area contributed by atoms with E-state index in [0.29, 0.717) is 5.92 Å². The van der Waals surface area contributed by atoms with Crippen molar-refractivity contribution in [3.63, 3.8) is 0 Å². The Labute approximate surface area is 115 Å². The number of aliphatic hydroxyl groups is 1. The molecule has 0 heterocycles. The fraction of sp³-hybridized carbons (Fsp3) is 0.294. The van der Waals surface area contributed by atoms with Crippen LogP contribution < -0.4 is 5.32 Å². The lowest BCUT2D eigenvalue weighted by Gasteiger charge is -2.21. The number of aliphatic hydroxyl groups excluding tert-OH is 1. The number of benzene rings is 2. The van der Waals surface area contributed by atoms with Gasteiger partial charge in [0.2, 0.25) is 0 Å². The lowest BCUT2D eigenvalue weighted by atomic mass is 10.0. The van der Waals surface area contributed by atoms with Crippen molar-refractivity contribution < 1.29 is 5.11 Å². The molecule has 0 saturated carbocycles. The van der Waals surface area contributed by atoms with Crippen molar-refractivity contribution in [1.29, 1.82) is 0 Å². The average Bonchev–Trinajstić information content (AvgIpc) is 2.46. The van der Waals surface area contributed by atoms with Crippen molar-refractivity contribution in [2.45, 2.75) is 19.9 Å². The first kappa shape index (κ1) is 13.6. The number of hydrogen-bond donors (Lipinski definition) is 2. The van der Waals surface area contributed by atoms with E-state index in [1.54, 1.807) is 0 Å². The Morgan fingerprint density at radius 1 is 0.895 bits per heavy atom. The summed E-state index contributed by atoms with van der Waals surface area (Å²) in [5.74, 6) is 0.402. The Morgan fingerprint density at radius 3 is 2.00 bits per heavy atom. The SMILES string of the molecule is CC(C)C(CO)Nc1ccc(-c2ccccc2)cc1. The second kappa shape index (κ2) is 6.39. The van der Waals surface area contributed by atoms with Gasteiger partial charge in [0, 0.05) is 5.69 Å². The van der Waals surface area contributed by atoms with Gasteiger partial charge in [0.1, 0.15) is 0 Å². The highest BCUT2D eigenvalue weighted by atomic mass is 16.3. The summed E-state index contributed by atoms with van der Waals surface area (Å²) in [4.78, 5) is 0. The zero-order valence-electron chi connectivity index (χ0n) is 11.5. The van der Waals surface area contributed by atoms with E-state index in [2.05, 4.69) is 55.6 Å². The first-order valence-electron chi connectivity index (χ1n) is 6.73. The molecule has 0 aliphatic rings. The summed E-state index contributed by atoms with van der Waals surface area (Å²) in [5, 5.41) is 12.7. The maximum absolute atomic E-state index is 9.33. The molecule has 1 atom stereocenters. The van der Waals surface area contributed by atoms with Crippen LogP contribution in [0.15, 0.2) is 54.6 Å². The zero-order valence-corrected chi connectivity index (χ0v) is 11.5. The van der Waals surface area contributed by atoms with Crippen LogP contribution in [0, 0.1) is 5.92 Å². The maximum atomic E-state index is 9.33. The van der Waals surface area contributed by atoms with Crippen molar-refractivity contribution in [2.75, 3.05) is 11.9 Å². The van der Waals surface area contributed by atoms with E-state index in [1.165, 1.54) is 11.1 Å². The van der Waals surface area contributed by atoms with E-state index in [-0.39, 0.29) is 12.6 Å². The second-order valence-electron chi connectivity index (χ2n) is 5.12. The molecule has 0 fully saturated rings. The molecule has 0 aromatic heterocycles. The van der Waals surface area contributed by atoms with Crippen molar-refractivity contribution in [2.24, 2.45) is 5.92 Å². The molecule has 2 rings (SSSR count). The van der Waals surface area contributed by atoms with Crippen molar-refractivity contribution in [1.82, 2.24) is 0 Å². The van der Waals surface area contributed by atoms with Gasteiger partial charge < -0.3 is 10.4 Å². The van der Waals surface area contributed by atoms with E-state index >= 15 is 0 Å². The lowest BCUT2D eigenvalue weighted by molar-refractivity contribution is 0.249. The highest BCUT2D eigenvalue weighted by Gasteiger charge is 2.11. The summed E-state index contributed by atoms with van der Waals surface area (Å²) < 4.78 is 0. The summed E-state index contributed by atoms with van der Waals surface area (Å²) in [6.45, 7) is 4.36. The predicted octanol–water partition coefficient (Wildman–Crippen LogP) is 3.78. The average molecular weight is 255 g/mol. The van der Waals surface area contributed by atoms with Crippen LogP contribution in [-0.4, -0.2) is 17.8 Å². The first-order chi connectivity index (χ1) is 9.20. The van der Waals surface area contributed by atoms with Gasteiger partial charge in [0.05, 0.1) is 12.6 Å². The van der Waals surface area contributed by atoms with Crippen LogP contribution >= 0.6 is 0 Å². The maximum Gasteiger partial charge on any atom is 0.0635 e. The molecule has 0 aliphatic heterocycles. The standard InChI is InChI=1S/C17H21NO/c1-13(2)17(12-19)18-16-10-8-15(9-11-16)14-6-4-3-5-7-14/h3-11,13,17-19H,12H2,1-2H3. The highest BCUT2D eigenvalue weighted by Crippen LogP contribution is 2.21. The van der Waals surface area contributed by atoms with Gasteiger partial charge in [-0.15, -0.1) is 0 Å². The molecule has 2 heteroatoms. The third kappa shape index (κ3) is 3.58. The van der Waals surface area contributed by atoms with Crippen molar-refractivity contribution in [3.05, 3.63) is 54.6 Å². The minimum absolute atomic E-state index is 0.0996. The van der Waals surface area contributed by atoms with Crippen LogP contribution in [0.1, 0.15) is 13.8 Å². The van der Waals surface area contributed by atoms with E-state index in [0.717, 1.165) is 5.69 Å². The van der Waals surface area contributed by atoms with Crippen LogP contribution in [0.25, 0.3) is 11.1 Å². The summed E-state index contributed by atoms with van der Waals surface area (Å²) in [5.41, 5.74) is 3.47. The number of nitrogens with one attached hydrogen (secondary N) is 1. The molecular formula is C17H21NO. The molecule has 1 unspecified atom stereocenters. The Balaban J connectivity index is 2.11.